The van der Waals surface area contributed by atoms with Gasteiger partial charge in [0.15, 0.2) is 0 Å². The fraction of sp³-hybridized carbons (Fsp3) is 0.316. The molecule has 0 saturated heterocycles. The van der Waals surface area contributed by atoms with E-state index in [0.29, 0.717) is 25.0 Å². The van der Waals surface area contributed by atoms with Gasteiger partial charge < -0.3 is 13.9 Å². The number of para-hydroxylation sites is 2. The minimum atomic E-state index is -0.0464. The normalized spacial score (nSPS) is 18.9. The summed E-state index contributed by atoms with van der Waals surface area (Å²) in [5.74, 6) is 1.23. The third-order valence-corrected chi connectivity index (χ3v) is 8.61. The van der Waals surface area contributed by atoms with E-state index in [1.165, 1.54) is 11.1 Å². The molecule has 5 heteroatoms. The average molecular weight is 571 g/mol. The molecular weight excluding hydrogens is 532 g/mol. The van der Waals surface area contributed by atoms with Crippen molar-refractivity contribution in [3.63, 3.8) is 0 Å². The molecule has 0 amide bonds. The Morgan fingerprint density at radius 2 is 0.930 bits per heavy atom. The van der Waals surface area contributed by atoms with E-state index in [4.69, 9.17) is 23.9 Å². The van der Waals surface area contributed by atoms with E-state index >= 15 is 0 Å². The van der Waals surface area contributed by atoms with Crippen LogP contribution in [0, 0.1) is 0 Å². The van der Waals surface area contributed by atoms with Crippen molar-refractivity contribution in [3.8, 4) is 0 Å². The van der Waals surface area contributed by atoms with Crippen molar-refractivity contribution < 1.29 is 13.9 Å². The smallest absolute Gasteiger partial charge is 0.220 e. The standard InChI is InChI=1S/C38H38N2O3/c1-37(2,3)25-17-13-23(14-18-25)31-21-41-35(39-31)29-11-7-9-27-28-10-8-12-30(34(28)43-33(27)29)36-40-32(22-42-36)24-15-19-26(20-16-24)38(4,5)6/h7-20,31-32H,21-22H2,1-6H3/t31-,32-/m0/s1. The number of hydrogen-bond donors (Lipinski definition) is 0. The van der Waals surface area contributed by atoms with E-state index in [9.17, 15) is 0 Å². The molecule has 2 aliphatic rings. The largest absolute Gasteiger partial charge is 0.475 e. The molecule has 0 unspecified atom stereocenters. The van der Waals surface area contributed by atoms with Crippen molar-refractivity contribution in [2.24, 2.45) is 9.98 Å². The second kappa shape index (κ2) is 10.1. The molecule has 43 heavy (non-hydrogen) atoms. The maximum Gasteiger partial charge on any atom is 0.220 e. The van der Waals surface area contributed by atoms with Gasteiger partial charge in [0.2, 0.25) is 11.8 Å². The zero-order valence-electron chi connectivity index (χ0n) is 25.8. The van der Waals surface area contributed by atoms with Crippen molar-refractivity contribution in [2.45, 2.75) is 64.5 Å². The summed E-state index contributed by atoms with van der Waals surface area (Å²) in [6.07, 6.45) is 0. The van der Waals surface area contributed by atoms with Crippen LogP contribution in [-0.2, 0) is 20.3 Å². The maximum atomic E-state index is 6.61. The molecule has 2 aliphatic heterocycles. The lowest BCUT2D eigenvalue weighted by Gasteiger charge is -2.19. The first-order valence-electron chi connectivity index (χ1n) is 15.1. The maximum absolute atomic E-state index is 6.61. The molecule has 5 aromatic rings. The molecule has 0 aliphatic carbocycles. The number of ether oxygens (including phenoxy) is 2. The van der Waals surface area contributed by atoms with Crippen LogP contribution in [0.2, 0.25) is 0 Å². The minimum Gasteiger partial charge on any atom is -0.475 e. The Balaban J connectivity index is 1.21. The molecule has 4 aromatic carbocycles. The predicted octanol–water partition coefficient (Wildman–Crippen LogP) is 9.22. The summed E-state index contributed by atoms with van der Waals surface area (Å²) in [4.78, 5) is 9.98. The summed E-state index contributed by atoms with van der Waals surface area (Å²) in [6, 6.07) is 29.7. The topological polar surface area (TPSA) is 56.3 Å². The molecule has 1 aromatic heterocycles. The lowest BCUT2D eigenvalue weighted by molar-refractivity contribution is 0.319. The molecule has 7 rings (SSSR count). The highest BCUT2D eigenvalue weighted by atomic mass is 16.5. The van der Waals surface area contributed by atoms with Crippen molar-refractivity contribution in [2.75, 3.05) is 13.2 Å². The van der Waals surface area contributed by atoms with Crippen LogP contribution in [0.4, 0.5) is 0 Å². The first-order valence-corrected chi connectivity index (χ1v) is 15.1. The van der Waals surface area contributed by atoms with Gasteiger partial charge in [-0.3, -0.25) is 0 Å². The van der Waals surface area contributed by atoms with E-state index < -0.39 is 0 Å². The molecule has 0 fully saturated rings. The van der Waals surface area contributed by atoms with Crippen molar-refractivity contribution in [1.29, 1.82) is 0 Å². The Bertz CT molecular complexity index is 1740. The molecule has 0 saturated carbocycles. The van der Waals surface area contributed by atoms with E-state index in [0.717, 1.165) is 44.2 Å². The van der Waals surface area contributed by atoms with Gasteiger partial charge in [0.05, 0.1) is 11.1 Å². The lowest BCUT2D eigenvalue weighted by Crippen LogP contribution is -2.11. The lowest BCUT2D eigenvalue weighted by atomic mass is 9.86. The highest BCUT2D eigenvalue weighted by molar-refractivity contribution is 6.17. The summed E-state index contributed by atoms with van der Waals surface area (Å²) < 4.78 is 18.9. The first-order chi connectivity index (χ1) is 20.6. The molecule has 5 nitrogen and oxygen atoms in total. The Hall–Kier alpha value is -4.38. The molecule has 0 radical (unpaired) electrons. The number of benzene rings is 4. The van der Waals surface area contributed by atoms with E-state index in [1.54, 1.807) is 0 Å². The molecule has 218 valence electrons. The van der Waals surface area contributed by atoms with Gasteiger partial charge in [-0.2, -0.15) is 0 Å². The fourth-order valence-electron chi connectivity index (χ4n) is 5.95. The molecule has 0 bridgehead atoms. The quantitative estimate of drug-likeness (QED) is 0.216. The van der Waals surface area contributed by atoms with Gasteiger partial charge in [0.1, 0.15) is 36.5 Å². The van der Waals surface area contributed by atoms with Gasteiger partial charge in [0.25, 0.3) is 0 Å². The average Bonchev–Trinajstić information content (AvgIpc) is 3.75. The zero-order valence-corrected chi connectivity index (χ0v) is 25.8. The third-order valence-electron chi connectivity index (χ3n) is 8.61. The Kier molecular flexibility index (Phi) is 6.46. The molecular formula is C38H38N2O3. The van der Waals surface area contributed by atoms with Crippen molar-refractivity contribution in [1.82, 2.24) is 0 Å². The third kappa shape index (κ3) is 5.01. The molecule has 2 atom stereocenters. The number of fused-ring (bicyclic) bond motifs is 3. The minimum absolute atomic E-state index is 0.0464. The fourth-order valence-corrected chi connectivity index (χ4v) is 5.95. The summed E-state index contributed by atoms with van der Waals surface area (Å²) in [6.45, 7) is 14.4. The zero-order chi connectivity index (χ0) is 29.9. The monoisotopic (exact) mass is 570 g/mol. The van der Waals surface area contributed by atoms with Gasteiger partial charge >= 0.3 is 0 Å². The van der Waals surface area contributed by atoms with Crippen LogP contribution in [-0.4, -0.2) is 25.0 Å². The number of furan rings is 1. The number of aliphatic imine (C=N–C) groups is 2. The Labute approximate surface area is 253 Å². The second-order valence-corrected chi connectivity index (χ2v) is 13.7. The van der Waals surface area contributed by atoms with E-state index in [1.807, 2.05) is 24.3 Å². The van der Waals surface area contributed by atoms with Crippen LogP contribution in [0.5, 0.6) is 0 Å². The first kappa shape index (κ1) is 27.5. The summed E-state index contributed by atoms with van der Waals surface area (Å²) in [7, 11) is 0. The van der Waals surface area contributed by atoms with Gasteiger partial charge in [-0.1, -0.05) is 114 Å². The van der Waals surface area contributed by atoms with Crippen LogP contribution in [0.1, 0.15) is 87.0 Å². The number of nitrogens with zero attached hydrogens (tertiary/aromatic N) is 2. The summed E-state index contributed by atoms with van der Waals surface area (Å²) in [5.41, 5.74) is 8.40. The number of hydrogen-bond acceptors (Lipinski definition) is 5. The predicted molar refractivity (Wildman–Crippen MR) is 174 cm³/mol. The van der Waals surface area contributed by atoms with Crippen LogP contribution in [0.25, 0.3) is 21.9 Å². The van der Waals surface area contributed by atoms with E-state index in [-0.39, 0.29) is 22.9 Å². The van der Waals surface area contributed by atoms with Crippen LogP contribution in [0.15, 0.2) is 99.3 Å². The molecule has 3 heterocycles. The van der Waals surface area contributed by atoms with Gasteiger partial charge in [-0.15, -0.1) is 0 Å². The second-order valence-electron chi connectivity index (χ2n) is 13.7. The highest BCUT2D eigenvalue weighted by Gasteiger charge is 2.28. The Morgan fingerprint density at radius 1 is 0.535 bits per heavy atom. The van der Waals surface area contributed by atoms with E-state index in [2.05, 4.69) is 102 Å². The Morgan fingerprint density at radius 3 is 1.30 bits per heavy atom. The van der Waals surface area contributed by atoms with Gasteiger partial charge in [0, 0.05) is 10.8 Å². The van der Waals surface area contributed by atoms with Crippen LogP contribution < -0.4 is 0 Å². The van der Waals surface area contributed by atoms with Crippen molar-refractivity contribution in [3.05, 3.63) is 118 Å². The van der Waals surface area contributed by atoms with Crippen LogP contribution >= 0.6 is 0 Å². The van der Waals surface area contributed by atoms with Gasteiger partial charge in [-0.25, -0.2) is 9.98 Å². The summed E-state index contributed by atoms with van der Waals surface area (Å²) >= 11 is 0. The van der Waals surface area contributed by atoms with Crippen molar-refractivity contribution >= 4 is 33.7 Å². The molecule has 0 N–H and O–H groups in total. The SMILES string of the molecule is CC(C)(C)c1ccc([C@@H]2COC(c3cccc4c3oc3c(C5=N[C@H](c6ccc(C(C)(C)C)cc6)CO5)cccc34)=N2)cc1. The highest BCUT2D eigenvalue weighted by Crippen LogP contribution is 2.37. The molecule has 0 spiro atoms. The number of rotatable bonds is 4. The van der Waals surface area contributed by atoms with Crippen LogP contribution in [0.3, 0.4) is 0 Å². The van der Waals surface area contributed by atoms with Gasteiger partial charge in [-0.05, 0) is 45.2 Å². The summed E-state index contributed by atoms with van der Waals surface area (Å²) in [5, 5.41) is 2.04.